The topological polar surface area (TPSA) is 60.1 Å². The van der Waals surface area contributed by atoms with E-state index >= 15 is 0 Å². The highest BCUT2D eigenvalue weighted by atomic mass is 35.5. The molecule has 156 valence electrons. The van der Waals surface area contributed by atoms with Gasteiger partial charge in [0.05, 0.1) is 24.1 Å². The van der Waals surface area contributed by atoms with E-state index in [0.717, 1.165) is 41.1 Å². The van der Waals surface area contributed by atoms with Crippen molar-refractivity contribution in [3.8, 4) is 5.69 Å². The summed E-state index contributed by atoms with van der Waals surface area (Å²) in [4.78, 5) is 31.1. The number of Topliss-reactive ketones (excluding diaryl/α,β-unsaturated/α-hetero) is 1. The average Bonchev–Trinajstić information content (AvgIpc) is 3.19. The van der Waals surface area contributed by atoms with Gasteiger partial charge in [-0.3, -0.25) is 9.59 Å². The van der Waals surface area contributed by atoms with Gasteiger partial charge in [0, 0.05) is 54.8 Å². The minimum atomic E-state index is -0.0890. The summed E-state index contributed by atoms with van der Waals surface area (Å²) in [5.41, 5.74) is 3.47. The molecule has 0 aliphatic carbocycles. The van der Waals surface area contributed by atoms with Crippen molar-refractivity contribution < 1.29 is 4.79 Å². The minimum absolute atomic E-state index is 0.0890. The minimum Gasteiger partial charge on any atom is -0.369 e. The monoisotopic (exact) mass is 432 g/mol. The Bertz CT molecular complexity index is 1330. The molecule has 3 aromatic heterocycles. The van der Waals surface area contributed by atoms with E-state index in [2.05, 4.69) is 16.0 Å². The number of rotatable bonds is 4. The highest BCUT2D eigenvalue weighted by molar-refractivity contribution is 6.30. The molecule has 0 saturated carbocycles. The number of aromatic nitrogens is 3. The Balaban J connectivity index is 1.42. The number of benzene rings is 1. The number of hydrogen-bond acceptors (Lipinski definition) is 4. The molecule has 1 saturated heterocycles. The average molecular weight is 433 g/mol. The number of ketones is 1. The van der Waals surface area contributed by atoms with Crippen molar-refractivity contribution in [2.24, 2.45) is 0 Å². The zero-order valence-corrected chi connectivity index (χ0v) is 17.6. The van der Waals surface area contributed by atoms with Gasteiger partial charge in [0.2, 0.25) is 0 Å². The molecule has 1 aliphatic rings. The van der Waals surface area contributed by atoms with Crippen LogP contribution in [0.4, 0.5) is 5.69 Å². The van der Waals surface area contributed by atoms with Gasteiger partial charge in [-0.15, -0.1) is 0 Å². The van der Waals surface area contributed by atoms with E-state index in [0.29, 0.717) is 30.2 Å². The molecule has 0 radical (unpaired) electrons. The first-order valence-corrected chi connectivity index (χ1v) is 10.6. The number of piperidine rings is 1. The summed E-state index contributed by atoms with van der Waals surface area (Å²) < 4.78 is 3.58. The third-order valence-electron chi connectivity index (χ3n) is 5.70. The van der Waals surface area contributed by atoms with Crippen LogP contribution in [0.3, 0.4) is 0 Å². The van der Waals surface area contributed by atoms with Gasteiger partial charge in [0.25, 0.3) is 5.56 Å². The fourth-order valence-corrected chi connectivity index (χ4v) is 4.23. The molecule has 7 heteroatoms. The summed E-state index contributed by atoms with van der Waals surface area (Å²) in [5.74, 6) is 0.321. The lowest BCUT2D eigenvalue weighted by molar-refractivity contribution is -0.119. The SMILES string of the molecule is O=C1CCN(c2cnc3c(ccn3-c3ccn(Cc4cccc(Cl)c4)c(=O)c3)c2)CC1. The first-order valence-electron chi connectivity index (χ1n) is 10.3. The summed E-state index contributed by atoms with van der Waals surface area (Å²) >= 11 is 6.05. The van der Waals surface area contributed by atoms with E-state index in [1.165, 1.54) is 0 Å². The number of carbonyl (C=O) groups is 1. The van der Waals surface area contributed by atoms with Crippen LogP contribution < -0.4 is 10.5 Å². The molecule has 4 heterocycles. The van der Waals surface area contributed by atoms with Gasteiger partial charge in [0.15, 0.2) is 0 Å². The normalized spacial score (nSPS) is 14.4. The number of halogens is 1. The van der Waals surface area contributed by atoms with Crippen LogP contribution in [0.25, 0.3) is 16.7 Å². The molecule has 0 N–H and O–H groups in total. The maximum atomic E-state index is 12.7. The third kappa shape index (κ3) is 3.99. The molecule has 0 spiro atoms. The standard InChI is InChI=1S/C24H21ClN4O2/c25-19-3-1-2-17(12-19)16-28-8-5-20(14-23(28)31)29-11-4-18-13-21(15-26-24(18)29)27-9-6-22(30)7-10-27/h1-5,8,11-15H,6-7,9-10,16H2. The Labute approximate surface area is 184 Å². The van der Waals surface area contributed by atoms with Gasteiger partial charge in [-0.1, -0.05) is 23.7 Å². The maximum absolute atomic E-state index is 12.7. The van der Waals surface area contributed by atoms with E-state index in [4.69, 9.17) is 11.6 Å². The Morgan fingerprint density at radius 1 is 0.935 bits per heavy atom. The van der Waals surface area contributed by atoms with Crippen molar-refractivity contribution in [3.05, 3.63) is 88.1 Å². The molecule has 0 amide bonds. The Kier molecular flexibility index (Phi) is 5.08. The lowest BCUT2D eigenvalue weighted by Crippen LogP contribution is -2.33. The van der Waals surface area contributed by atoms with Crippen LogP contribution in [0.15, 0.2) is 71.9 Å². The maximum Gasteiger partial charge on any atom is 0.252 e. The summed E-state index contributed by atoms with van der Waals surface area (Å²) in [6.45, 7) is 1.93. The second-order valence-corrected chi connectivity index (χ2v) is 8.24. The van der Waals surface area contributed by atoms with Gasteiger partial charge in [-0.05, 0) is 35.9 Å². The first-order chi connectivity index (χ1) is 15.1. The largest absolute Gasteiger partial charge is 0.369 e. The number of fused-ring (bicyclic) bond motifs is 1. The van der Waals surface area contributed by atoms with Gasteiger partial charge in [-0.25, -0.2) is 4.98 Å². The van der Waals surface area contributed by atoms with Crippen molar-refractivity contribution >= 4 is 34.1 Å². The van der Waals surface area contributed by atoms with Crippen LogP contribution >= 0.6 is 11.6 Å². The fourth-order valence-electron chi connectivity index (χ4n) is 4.02. The van der Waals surface area contributed by atoms with Crippen LogP contribution in [0, 0.1) is 0 Å². The van der Waals surface area contributed by atoms with Crippen LogP contribution in [0.2, 0.25) is 5.02 Å². The molecule has 1 aliphatic heterocycles. The second-order valence-electron chi connectivity index (χ2n) is 7.80. The van der Waals surface area contributed by atoms with Crippen molar-refractivity contribution in [1.82, 2.24) is 14.1 Å². The predicted octanol–water partition coefficient (Wildman–Crippen LogP) is 4.06. The molecular weight excluding hydrogens is 412 g/mol. The molecule has 5 rings (SSSR count). The molecule has 0 unspecified atom stereocenters. The van der Waals surface area contributed by atoms with Crippen molar-refractivity contribution in [2.75, 3.05) is 18.0 Å². The van der Waals surface area contributed by atoms with Gasteiger partial charge in [0.1, 0.15) is 11.4 Å². The highest BCUT2D eigenvalue weighted by Gasteiger charge is 2.17. The van der Waals surface area contributed by atoms with Crippen molar-refractivity contribution in [3.63, 3.8) is 0 Å². The van der Waals surface area contributed by atoms with E-state index in [1.807, 2.05) is 53.4 Å². The Hall–Kier alpha value is -3.38. The van der Waals surface area contributed by atoms with E-state index < -0.39 is 0 Å². The Morgan fingerprint density at radius 2 is 1.77 bits per heavy atom. The number of hydrogen-bond donors (Lipinski definition) is 0. The third-order valence-corrected chi connectivity index (χ3v) is 5.93. The predicted molar refractivity (Wildman–Crippen MR) is 122 cm³/mol. The first kappa shape index (κ1) is 19.6. The van der Waals surface area contributed by atoms with Crippen LogP contribution in [0.1, 0.15) is 18.4 Å². The summed E-state index contributed by atoms with van der Waals surface area (Å²) in [6, 6.07) is 15.1. The number of pyridine rings is 2. The van der Waals surface area contributed by atoms with E-state index in [1.54, 1.807) is 16.8 Å². The second kappa shape index (κ2) is 8.04. The van der Waals surface area contributed by atoms with Crippen LogP contribution in [-0.2, 0) is 11.3 Å². The van der Waals surface area contributed by atoms with Gasteiger partial charge in [-0.2, -0.15) is 0 Å². The quantitative estimate of drug-likeness (QED) is 0.488. The van der Waals surface area contributed by atoms with Gasteiger partial charge < -0.3 is 14.0 Å². The van der Waals surface area contributed by atoms with E-state index in [9.17, 15) is 9.59 Å². The molecule has 31 heavy (non-hydrogen) atoms. The van der Waals surface area contributed by atoms with E-state index in [-0.39, 0.29) is 5.56 Å². The smallest absolute Gasteiger partial charge is 0.252 e. The molecule has 4 aromatic rings. The fraction of sp³-hybridized carbons (Fsp3) is 0.208. The van der Waals surface area contributed by atoms with Crippen molar-refractivity contribution in [1.29, 1.82) is 0 Å². The van der Waals surface area contributed by atoms with Gasteiger partial charge >= 0.3 is 0 Å². The number of anilines is 1. The number of nitrogens with zero attached hydrogens (tertiary/aromatic N) is 4. The van der Waals surface area contributed by atoms with Crippen molar-refractivity contribution in [2.45, 2.75) is 19.4 Å². The van der Waals surface area contributed by atoms with Crippen LogP contribution in [-0.4, -0.2) is 33.0 Å². The highest BCUT2D eigenvalue weighted by Crippen LogP contribution is 2.24. The molecule has 0 atom stereocenters. The summed E-state index contributed by atoms with van der Waals surface area (Å²) in [7, 11) is 0. The summed E-state index contributed by atoms with van der Waals surface area (Å²) in [5, 5.41) is 1.65. The lowest BCUT2D eigenvalue weighted by Gasteiger charge is -2.27. The molecule has 1 fully saturated rings. The van der Waals surface area contributed by atoms with Crippen LogP contribution in [0.5, 0.6) is 0 Å². The lowest BCUT2D eigenvalue weighted by atomic mass is 10.1. The summed E-state index contributed by atoms with van der Waals surface area (Å²) in [6.07, 6.45) is 6.74. The molecule has 0 bridgehead atoms. The molecule has 1 aromatic carbocycles. The number of carbonyl (C=O) groups excluding carboxylic acids is 1. The molecular formula is C24H21ClN4O2. The zero-order chi connectivity index (χ0) is 21.4. The zero-order valence-electron chi connectivity index (χ0n) is 16.9. The Morgan fingerprint density at radius 3 is 2.55 bits per heavy atom. The molecule has 6 nitrogen and oxygen atoms in total.